The average molecular weight is 274 g/mol. The molecule has 0 amide bonds. The van der Waals surface area contributed by atoms with Crippen LogP contribution < -0.4 is 5.73 Å². The van der Waals surface area contributed by atoms with E-state index in [0.29, 0.717) is 11.3 Å². The lowest BCUT2D eigenvalue weighted by Crippen LogP contribution is -2.11. The number of thiazole rings is 1. The van der Waals surface area contributed by atoms with Gasteiger partial charge < -0.3 is 5.73 Å². The molecule has 4 nitrogen and oxygen atoms in total. The fraction of sp³-hybridized carbons (Fsp3) is 0.571. The summed E-state index contributed by atoms with van der Waals surface area (Å²) in [7, 11) is -3.39. The number of aromatic nitrogens is 1. The lowest BCUT2D eigenvalue weighted by atomic mass is 10.3. The van der Waals surface area contributed by atoms with E-state index in [1.54, 1.807) is 0 Å². The predicted octanol–water partition coefficient (Wildman–Crippen LogP) is 1.17. The first-order chi connectivity index (χ1) is 7.13. The minimum absolute atomic E-state index is 0.0877. The fourth-order valence-corrected chi connectivity index (χ4v) is 3.20. The second-order valence-electron chi connectivity index (χ2n) is 3.15. The summed E-state index contributed by atoms with van der Waals surface area (Å²) < 4.78 is 59.1. The highest BCUT2D eigenvalue weighted by atomic mass is 32.2. The Bertz CT molecular complexity index is 478. The summed E-state index contributed by atoms with van der Waals surface area (Å²) in [5.41, 5.74) is 4.06. The van der Waals surface area contributed by atoms with Crippen LogP contribution in [0.5, 0.6) is 0 Å². The van der Waals surface area contributed by atoms with Gasteiger partial charge in [-0.3, -0.25) is 0 Å². The molecule has 0 aliphatic rings. The molecule has 16 heavy (non-hydrogen) atoms. The van der Waals surface area contributed by atoms with Crippen LogP contribution in [0.4, 0.5) is 13.2 Å². The Balaban J connectivity index is 3.14. The molecule has 0 bridgehead atoms. The molecule has 9 heteroatoms. The number of hydrogen-bond acceptors (Lipinski definition) is 5. The van der Waals surface area contributed by atoms with Crippen molar-refractivity contribution in [1.29, 1.82) is 0 Å². The van der Waals surface area contributed by atoms with Gasteiger partial charge in [-0.25, -0.2) is 13.4 Å². The first-order valence-electron chi connectivity index (χ1n) is 4.07. The van der Waals surface area contributed by atoms with Crippen molar-refractivity contribution in [1.82, 2.24) is 4.98 Å². The normalized spacial score (nSPS) is 13.1. The average Bonchev–Trinajstić information content (AvgIpc) is 2.43. The maximum atomic E-state index is 12.4. The first kappa shape index (κ1) is 13.4. The van der Waals surface area contributed by atoms with Crippen LogP contribution in [0.3, 0.4) is 0 Å². The third kappa shape index (κ3) is 3.42. The minimum Gasteiger partial charge on any atom is -0.326 e. The summed E-state index contributed by atoms with van der Waals surface area (Å²) in [6.45, 7) is -0.309. The van der Waals surface area contributed by atoms with Crippen LogP contribution in [-0.4, -0.2) is 19.7 Å². The van der Waals surface area contributed by atoms with E-state index < -0.39 is 27.5 Å². The molecule has 1 aromatic heterocycles. The van der Waals surface area contributed by atoms with Gasteiger partial charge in [-0.15, -0.1) is 11.3 Å². The largest absolute Gasteiger partial charge is 0.434 e. The lowest BCUT2D eigenvalue weighted by Gasteiger charge is -2.03. The van der Waals surface area contributed by atoms with Crippen molar-refractivity contribution in [2.75, 3.05) is 6.26 Å². The zero-order chi connectivity index (χ0) is 12.6. The molecule has 0 unspecified atom stereocenters. The van der Waals surface area contributed by atoms with Crippen molar-refractivity contribution >= 4 is 21.2 Å². The zero-order valence-corrected chi connectivity index (χ0v) is 9.84. The van der Waals surface area contributed by atoms with E-state index in [9.17, 15) is 21.6 Å². The smallest absolute Gasteiger partial charge is 0.326 e. The molecule has 0 aromatic carbocycles. The second-order valence-corrected chi connectivity index (χ2v) is 6.46. The van der Waals surface area contributed by atoms with Crippen molar-refractivity contribution in [3.63, 3.8) is 0 Å². The number of sulfone groups is 1. The number of rotatable bonds is 3. The third-order valence-corrected chi connectivity index (χ3v) is 3.64. The molecule has 92 valence electrons. The SMILES string of the molecule is CS(=O)(=O)Cc1nc(C(F)(F)F)c(CN)s1. The molecule has 0 fully saturated rings. The summed E-state index contributed by atoms with van der Waals surface area (Å²) in [6, 6.07) is 0. The van der Waals surface area contributed by atoms with Gasteiger partial charge in [-0.1, -0.05) is 0 Å². The molecular weight excluding hydrogens is 265 g/mol. The Morgan fingerprint density at radius 1 is 1.44 bits per heavy atom. The molecule has 0 aliphatic heterocycles. The highest BCUT2D eigenvalue weighted by Crippen LogP contribution is 2.34. The van der Waals surface area contributed by atoms with Gasteiger partial charge in [0.1, 0.15) is 10.8 Å². The Kier molecular flexibility index (Phi) is 3.60. The summed E-state index contributed by atoms with van der Waals surface area (Å²) in [4.78, 5) is 3.12. The second kappa shape index (κ2) is 4.30. The van der Waals surface area contributed by atoms with E-state index in [2.05, 4.69) is 4.98 Å². The van der Waals surface area contributed by atoms with Gasteiger partial charge in [0.15, 0.2) is 15.5 Å². The third-order valence-electron chi connectivity index (χ3n) is 1.58. The van der Waals surface area contributed by atoms with Crippen LogP contribution in [0.2, 0.25) is 0 Å². The molecular formula is C7H9F3N2O2S2. The van der Waals surface area contributed by atoms with Crippen LogP contribution in [0.25, 0.3) is 0 Å². The Morgan fingerprint density at radius 3 is 2.31 bits per heavy atom. The Morgan fingerprint density at radius 2 is 2.00 bits per heavy atom. The monoisotopic (exact) mass is 274 g/mol. The van der Waals surface area contributed by atoms with Crippen LogP contribution in [0.15, 0.2) is 0 Å². The number of alkyl halides is 3. The Hall–Kier alpha value is -0.670. The van der Waals surface area contributed by atoms with Crippen molar-refractivity contribution < 1.29 is 21.6 Å². The quantitative estimate of drug-likeness (QED) is 0.897. The molecule has 0 radical (unpaired) electrons. The summed E-state index contributed by atoms with van der Waals surface area (Å²) in [5, 5.41) is -0.0877. The van der Waals surface area contributed by atoms with Crippen molar-refractivity contribution in [3.8, 4) is 0 Å². The van der Waals surface area contributed by atoms with E-state index in [0.717, 1.165) is 6.26 Å². The fourth-order valence-electron chi connectivity index (χ4n) is 1.05. The molecule has 1 rings (SSSR count). The number of halogens is 3. The van der Waals surface area contributed by atoms with Gasteiger partial charge in [-0.05, 0) is 0 Å². The van der Waals surface area contributed by atoms with Crippen LogP contribution in [0, 0.1) is 0 Å². The molecule has 0 saturated heterocycles. The molecule has 1 heterocycles. The van der Waals surface area contributed by atoms with Gasteiger partial charge >= 0.3 is 6.18 Å². The van der Waals surface area contributed by atoms with Gasteiger partial charge in [0.05, 0.1) is 4.88 Å². The van der Waals surface area contributed by atoms with E-state index in [1.165, 1.54) is 0 Å². The van der Waals surface area contributed by atoms with Crippen molar-refractivity contribution in [2.24, 2.45) is 5.73 Å². The van der Waals surface area contributed by atoms with Crippen molar-refractivity contribution in [3.05, 3.63) is 15.6 Å². The minimum atomic E-state index is -4.60. The number of nitrogens with two attached hydrogens (primary N) is 1. The van der Waals surface area contributed by atoms with Gasteiger partial charge in [0, 0.05) is 12.8 Å². The predicted molar refractivity (Wildman–Crippen MR) is 53.6 cm³/mol. The molecule has 0 spiro atoms. The highest BCUT2D eigenvalue weighted by molar-refractivity contribution is 7.90. The molecule has 1 aromatic rings. The van der Waals surface area contributed by atoms with E-state index in [-0.39, 0.29) is 16.4 Å². The molecule has 0 saturated carbocycles. The van der Waals surface area contributed by atoms with Gasteiger partial charge in [0.25, 0.3) is 0 Å². The number of nitrogens with zero attached hydrogens (tertiary/aromatic N) is 1. The van der Waals surface area contributed by atoms with Crippen molar-refractivity contribution in [2.45, 2.75) is 18.5 Å². The van der Waals surface area contributed by atoms with E-state index >= 15 is 0 Å². The Labute approximate surface area is 94.2 Å². The highest BCUT2D eigenvalue weighted by Gasteiger charge is 2.37. The number of hydrogen-bond donors (Lipinski definition) is 1. The van der Waals surface area contributed by atoms with Crippen LogP contribution in [0.1, 0.15) is 15.6 Å². The van der Waals surface area contributed by atoms with E-state index in [4.69, 9.17) is 5.73 Å². The summed E-state index contributed by atoms with van der Waals surface area (Å²) >= 11 is 0.678. The van der Waals surface area contributed by atoms with Crippen LogP contribution >= 0.6 is 11.3 Å². The maximum Gasteiger partial charge on any atom is 0.434 e. The topological polar surface area (TPSA) is 73.0 Å². The molecule has 0 aliphatic carbocycles. The van der Waals surface area contributed by atoms with Crippen LogP contribution in [-0.2, 0) is 28.3 Å². The van der Waals surface area contributed by atoms with E-state index in [1.807, 2.05) is 0 Å². The summed E-state index contributed by atoms with van der Waals surface area (Å²) in [5.74, 6) is -0.499. The summed E-state index contributed by atoms with van der Waals surface area (Å²) in [6.07, 6.45) is -3.66. The zero-order valence-electron chi connectivity index (χ0n) is 8.21. The molecule has 2 N–H and O–H groups in total. The first-order valence-corrected chi connectivity index (χ1v) is 6.95. The van der Waals surface area contributed by atoms with Gasteiger partial charge in [0.2, 0.25) is 0 Å². The maximum absolute atomic E-state index is 12.4. The lowest BCUT2D eigenvalue weighted by molar-refractivity contribution is -0.141. The molecule has 0 atom stereocenters. The van der Waals surface area contributed by atoms with Gasteiger partial charge in [-0.2, -0.15) is 13.2 Å². The standard InChI is InChI=1S/C7H9F3N2O2S2/c1-16(13,14)3-5-12-6(7(8,9)10)4(2-11)15-5/h2-3,11H2,1H3.